The van der Waals surface area contributed by atoms with Crippen molar-refractivity contribution in [1.29, 1.82) is 0 Å². The predicted molar refractivity (Wildman–Crippen MR) is 98.2 cm³/mol. The molecule has 142 valence electrons. The van der Waals surface area contributed by atoms with Crippen LogP contribution in [0, 0.1) is 0 Å². The van der Waals surface area contributed by atoms with Crippen LogP contribution in [0.1, 0.15) is 31.2 Å². The van der Waals surface area contributed by atoms with E-state index < -0.39 is 25.9 Å². The number of carbonyl (C=O) groups is 2. The fraction of sp³-hybridized carbons (Fsp3) is 0.556. The summed E-state index contributed by atoms with van der Waals surface area (Å²) in [4.78, 5) is 24.5. The molecule has 1 fully saturated rings. The van der Waals surface area contributed by atoms with Crippen LogP contribution < -0.4 is 5.73 Å². The summed E-state index contributed by atoms with van der Waals surface area (Å²) in [7, 11) is -2.13. The van der Waals surface area contributed by atoms with Gasteiger partial charge in [-0.05, 0) is 42.2 Å². The Morgan fingerprint density at radius 2 is 2.08 bits per heavy atom. The lowest BCUT2D eigenvalue weighted by molar-refractivity contribution is -0.147. The molecule has 8 heteroatoms. The van der Waals surface area contributed by atoms with E-state index in [1.807, 2.05) is 30.3 Å². The number of aliphatic carboxylic acids is 1. The zero-order valence-corrected chi connectivity index (χ0v) is 15.6. The molecule has 0 aliphatic carbocycles. The van der Waals surface area contributed by atoms with Crippen LogP contribution in [0.4, 0.5) is 0 Å². The van der Waals surface area contributed by atoms with Crippen molar-refractivity contribution in [3.8, 4) is 0 Å². The number of hydrogen-bond acceptors (Lipinski definition) is 5. The number of nitrogens with two attached hydrogens (primary N) is 1. The molecule has 0 saturated carbocycles. The van der Waals surface area contributed by atoms with Crippen LogP contribution in [0.25, 0.3) is 0 Å². The summed E-state index contributed by atoms with van der Waals surface area (Å²) >= 11 is 0. The lowest BCUT2D eigenvalue weighted by Gasteiger charge is -2.18. The van der Waals surface area contributed by atoms with E-state index in [4.69, 9.17) is 15.4 Å². The molecular formula is C18H26N2O5P+. The number of carbonyl (C=O) groups excluding carboxylic acids is 1. The SMILES string of the molecule is NC(CCCO[P+](=O)CC(=O)N1CCC[C@H]1C(=O)O)Cc1ccccc1. The van der Waals surface area contributed by atoms with Gasteiger partial charge in [0.2, 0.25) is 0 Å². The molecule has 0 bridgehead atoms. The molecular weight excluding hydrogens is 355 g/mol. The van der Waals surface area contributed by atoms with Gasteiger partial charge in [-0.25, -0.2) is 4.79 Å². The Morgan fingerprint density at radius 1 is 1.35 bits per heavy atom. The average Bonchev–Trinajstić information content (AvgIpc) is 3.10. The first kappa shape index (κ1) is 20.5. The number of likely N-dealkylation sites (tertiary alicyclic amines) is 1. The normalized spacial score (nSPS) is 18.6. The maximum Gasteiger partial charge on any atom is 0.518 e. The van der Waals surface area contributed by atoms with E-state index in [1.165, 1.54) is 10.5 Å². The van der Waals surface area contributed by atoms with Gasteiger partial charge in [-0.15, -0.1) is 4.52 Å². The van der Waals surface area contributed by atoms with E-state index in [0.717, 1.165) is 12.8 Å². The summed E-state index contributed by atoms with van der Waals surface area (Å²) in [5, 5.41) is 9.09. The second-order valence-corrected chi connectivity index (χ2v) is 7.74. The fourth-order valence-corrected chi connectivity index (χ4v) is 3.93. The summed E-state index contributed by atoms with van der Waals surface area (Å²) in [6, 6.07) is 9.16. The molecule has 1 aliphatic heterocycles. The second kappa shape index (κ2) is 10.4. The number of carboxylic acid groups (broad SMARTS) is 1. The third-order valence-corrected chi connectivity index (χ3v) is 5.42. The first-order chi connectivity index (χ1) is 12.5. The minimum Gasteiger partial charge on any atom is -0.480 e. The van der Waals surface area contributed by atoms with Gasteiger partial charge in [0.25, 0.3) is 12.1 Å². The third-order valence-electron chi connectivity index (χ3n) is 4.42. The quantitative estimate of drug-likeness (QED) is 0.475. The highest BCUT2D eigenvalue weighted by molar-refractivity contribution is 7.40. The second-order valence-electron chi connectivity index (χ2n) is 6.50. The van der Waals surface area contributed by atoms with Crippen molar-refractivity contribution in [2.45, 2.75) is 44.2 Å². The fourth-order valence-electron chi connectivity index (χ4n) is 3.10. The molecule has 1 aromatic carbocycles. The van der Waals surface area contributed by atoms with E-state index in [9.17, 15) is 14.2 Å². The highest BCUT2D eigenvalue weighted by Gasteiger charge is 2.37. The van der Waals surface area contributed by atoms with Gasteiger partial charge < -0.3 is 15.7 Å². The maximum absolute atomic E-state index is 12.1. The van der Waals surface area contributed by atoms with Crippen LogP contribution in [0.3, 0.4) is 0 Å². The Balaban J connectivity index is 1.62. The lowest BCUT2D eigenvalue weighted by Crippen LogP contribution is -2.41. The molecule has 3 atom stereocenters. The van der Waals surface area contributed by atoms with Gasteiger partial charge in [-0.3, -0.25) is 4.79 Å². The molecule has 1 heterocycles. The van der Waals surface area contributed by atoms with Gasteiger partial charge >= 0.3 is 14.0 Å². The van der Waals surface area contributed by atoms with Crippen molar-refractivity contribution in [3.05, 3.63) is 35.9 Å². The Labute approximate surface area is 154 Å². The van der Waals surface area contributed by atoms with Crippen LogP contribution in [-0.4, -0.2) is 53.3 Å². The molecule has 1 aromatic rings. The van der Waals surface area contributed by atoms with Crippen molar-refractivity contribution in [1.82, 2.24) is 4.90 Å². The maximum atomic E-state index is 12.1. The van der Waals surface area contributed by atoms with Crippen LogP contribution in [0.5, 0.6) is 0 Å². The van der Waals surface area contributed by atoms with Crippen molar-refractivity contribution < 1.29 is 23.8 Å². The van der Waals surface area contributed by atoms with Crippen LogP contribution in [0.2, 0.25) is 0 Å². The zero-order valence-electron chi connectivity index (χ0n) is 14.8. The molecule has 0 radical (unpaired) electrons. The Bertz CT molecular complexity index is 625. The molecule has 0 spiro atoms. The average molecular weight is 381 g/mol. The summed E-state index contributed by atoms with van der Waals surface area (Å²) in [5.74, 6) is -1.43. The Kier molecular flexibility index (Phi) is 8.16. The molecule has 1 amide bonds. The molecule has 2 unspecified atom stereocenters. The number of nitrogens with zero attached hydrogens (tertiary/aromatic N) is 1. The first-order valence-corrected chi connectivity index (χ1v) is 10.2. The zero-order chi connectivity index (χ0) is 18.9. The summed E-state index contributed by atoms with van der Waals surface area (Å²) in [6.07, 6.45) is 2.99. The smallest absolute Gasteiger partial charge is 0.480 e. The van der Waals surface area contributed by atoms with Gasteiger partial charge in [0.1, 0.15) is 12.6 Å². The first-order valence-electron chi connectivity index (χ1n) is 8.86. The highest BCUT2D eigenvalue weighted by atomic mass is 31.1. The van der Waals surface area contributed by atoms with Crippen molar-refractivity contribution >= 4 is 19.9 Å². The third kappa shape index (κ3) is 6.48. The van der Waals surface area contributed by atoms with Gasteiger partial charge in [0.15, 0.2) is 0 Å². The van der Waals surface area contributed by atoms with Gasteiger partial charge in [0, 0.05) is 12.6 Å². The van der Waals surface area contributed by atoms with E-state index in [2.05, 4.69) is 0 Å². The molecule has 0 aromatic heterocycles. The minimum absolute atomic E-state index is 0.00133. The van der Waals surface area contributed by atoms with E-state index in [0.29, 0.717) is 25.8 Å². The Morgan fingerprint density at radius 3 is 2.77 bits per heavy atom. The monoisotopic (exact) mass is 381 g/mol. The molecule has 2 rings (SSSR count). The van der Waals surface area contributed by atoms with Gasteiger partial charge in [-0.2, -0.15) is 0 Å². The van der Waals surface area contributed by atoms with Crippen LogP contribution in [-0.2, 0) is 25.1 Å². The summed E-state index contributed by atoms with van der Waals surface area (Å²) in [5.41, 5.74) is 7.26. The number of carboxylic acids is 1. The number of hydrogen-bond donors (Lipinski definition) is 2. The topological polar surface area (TPSA) is 110 Å². The Hall–Kier alpha value is -1.82. The van der Waals surface area contributed by atoms with Gasteiger partial charge in [-0.1, -0.05) is 30.3 Å². The van der Waals surface area contributed by atoms with Crippen molar-refractivity contribution in [2.24, 2.45) is 5.73 Å². The van der Waals surface area contributed by atoms with E-state index in [-0.39, 0.29) is 18.8 Å². The van der Waals surface area contributed by atoms with E-state index in [1.54, 1.807) is 0 Å². The number of amides is 1. The minimum atomic E-state index is -2.13. The largest absolute Gasteiger partial charge is 0.518 e. The standard InChI is InChI=1S/C18H25N2O5P/c19-15(12-14-6-2-1-3-7-14)8-5-11-25-26(24)13-17(21)20-10-4-9-16(20)18(22)23/h1-3,6-7,15-16H,4-5,8-13,19H2/p+1/t15?,16-/m0/s1. The van der Waals surface area contributed by atoms with Crippen molar-refractivity contribution in [2.75, 3.05) is 19.3 Å². The molecule has 1 aliphatic rings. The van der Waals surface area contributed by atoms with Crippen LogP contribution in [0.15, 0.2) is 30.3 Å². The number of benzene rings is 1. The summed E-state index contributed by atoms with van der Waals surface area (Å²) < 4.78 is 17.1. The molecule has 3 N–H and O–H groups in total. The predicted octanol–water partition coefficient (Wildman–Crippen LogP) is 2.17. The highest BCUT2D eigenvalue weighted by Crippen LogP contribution is 2.26. The van der Waals surface area contributed by atoms with Crippen molar-refractivity contribution in [3.63, 3.8) is 0 Å². The molecule has 26 heavy (non-hydrogen) atoms. The van der Waals surface area contributed by atoms with Gasteiger partial charge in [0.05, 0.1) is 0 Å². The molecule has 7 nitrogen and oxygen atoms in total. The number of rotatable bonds is 10. The van der Waals surface area contributed by atoms with E-state index >= 15 is 0 Å². The molecule has 1 saturated heterocycles. The summed E-state index contributed by atoms with van der Waals surface area (Å²) in [6.45, 7) is 0.667. The van der Waals surface area contributed by atoms with Crippen LogP contribution >= 0.6 is 8.03 Å². The lowest BCUT2D eigenvalue weighted by atomic mass is 10.0.